The molecule has 11 nitrogen and oxygen atoms in total. The first kappa shape index (κ1) is 39.3. The fourth-order valence-electron chi connectivity index (χ4n) is 9.40. The van der Waals surface area contributed by atoms with Crippen molar-refractivity contribution in [3.05, 3.63) is 88.6 Å². The lowest BCUT2D eigenvalue weighted by Crippen LogP contribution is -2.49. The number of piperazine rings is 1. The van der Waals surface area contributed by atoms with Gasteiger partial charge in [-0.3, -0.25) is 14.6 Å². The smallest absolute Gasteiger partial charge is 0.318 e. The summed E-state index contributed by atoms with van der Waals surface area (Å²) in [5.74, 6) is 1.43. The van der Waals surface area contributed by atoms with E-state index < -0.39 is 0 Å². The molecule has 0 radical (unpaired) electrons. The highest BCUT2D eigenvalue weighted by Gasteiger charge is 2.38. The molecule has 0 aliphatic carbocycles. The van der Waals surface area contributed by atoms with Crippen LogP contribution in [0.2, 0.25) is 5.02 Å². The van der Waals surface area contributed by atoms with Crippen LogP contribution in [0, 0.1) is 5.41 Å². The highest BCUT2D eigenvalue weighted by atomic mass is 35.5. The van der Waals surface area contributed by atoms with Crippen LogP contribution in [0.3, 0.4) is 0 Å². The van der Waals surface area contributed by atoms with E-state index in [0.29, 0.717) is 57.3 Å². The van der Waals surface area contributed by atoms with E-state index in [1.165, 1.54) is 25.0 Å². The van der Waals surface area contributed by atoms with E-state index in [2.05, 4.69) is 64.3 Å². The van der Waals surface area contributed by atoms with Gasteiger partial charge in [-0.25, -0.2) is 0 Å². The van der Waals surface area contributed by atoms with Crippen LogP contribution in [0.5, 0.6) is 17.5 Å². The van der Waals surface area contributed by atoms with Crippen LogP contribution < -0.4 is 14.5 Å². The summed E-state index contributed by atoms with van der Waals surface area (Å²) in [5, 5.41) is 23.8. The fourth-order valence-corrected chi connectivity index (χ4v) is 9.68. The predicted octanol–water partition coefficient (Wildman–Crippen LogP) is 6.97. The van der Waals surface area contributed by atoms with Crippen LogP contribution in [0.15, 0.2) is 61.2 Å². The number of phenols is 2. The number of phenolic OH excluding ortho intramolecular Hbond substituents is 2. The molecule has 3 fully saturated rings. The number of likely N-dealkylation sites (tertiary alicyclic amines) is 2. The summed E-state index contributed by atoms with van der Waals surface area (Å²) in [6, 6.07) is 16.3. The Balaban J connectivity index is 0.901. The summed E-state index contributed by atoms with van der Waals surface area (Å²) in [6.45, 7) is 18.0. The number of fused-ring (bicyclic) bond motifs is 2. The van der Waals surface area contributed by atoms with E-state index >= 15 is 0 Å². The molecule has 0 unspecified atom stereocenters. The Kier molecular flexibility index (Phi) is 11.5. The molecule has 1 aromatic heterocycles. The number of carbonyl (C=O) groups excluding carboxylic acids is 1. The number of halogens is 1. The maximum absolute atomic E-state index is 12.4. The number of amides is 1. The summed E-state index contributed by atoms with van der Waals surface area (Å²) in [5.41, 5.74) is 5.38. The number of carbonyl (C=O) groups is 1. The van der Waals surface area contributed by atoms with Gasteiger partial charge in [-0.05, 0) is 105 Å². The molecular weight excluding hydrogens is 738 g/mol. The first-order valence-corrected chi connectivity index (χ1v) is 21.1. The van der Waals surface area contributed by atoms with Gasteiger partial charge >= 0.3 is 6.01 Å². The molecule has 3 saturated heterocycles. The van der Waals surface area contributed by atoms with Gasteiger partial charge in [0.25, 0.3) is 0 Å². The second-order valence-electron chi connectivity index (χ2n) is 16.7. The molecular formula is C45H56ClN7O4. The van der Waals surface area contributed by atoms with Crippen LogP contribution in [-0.4, -0.2) is 113 Å². The van der Waals surface area contributed by atoms with Crippen LogP contribution in [0.25, 0.3) is 10.8 Å². The van der Waals surface area contributed by atoms with Crippen molar-refractivity contribution >= 4 is 39.8 Å². The lowest BCUT2D eigenvalue weighted by molar-refractivity contribution is -0.126. The number of ether oxygens (including phenoxy) is 1. The van der Waals surface area contributed by atoms with Crippen LogP contribution in [0.4, 0.5) is 11.5 Å². The van der Waals surface area contributed by atoms with Crippen molar-refractivity contribution in [2.45, 2.75) is 65.0 Å². The summed E-state index contributed by atoms with van der Waals surface area (Å²) in [7, 11) is 0. The third-order valence-corrected chi connectivity index (χ3v) is 13.3. The van der Waals surface area contributed by atoms with Gasteiger partial charge < -0.3 is 29.6 Å². The second kappa shape index (κ2) is 16.7. The first-order chi connectivity index (χ1) is 27.6. The van der Waals surface area contributed by atoms with E-state index in [-0.39, 0.29) is 23.3 Å². The molecule has 4 aliphatic rings. The molecule has 4 aliphatic heterocycles. The first-order valence-electron chi connectivity index (χ1n) is 20.7. The molecule has 1 spiro atoms. The molecule has 302 valence electrons. The third-order valence-electron chi connectivity index (χ3n) is 13.0. The zero-order chi connectivity index (χ0) is 39.7. The van der Waals surface area contributed by atoms with Gasteiger partial charge in [-0.15, -0.1) is 0 Å². The van der Waals surface area contributed by atoms with E-state index in [1.807, 2.05) is 23.1 Å². The second-order valence-corrected chi connectivity index (χ2v) is 17.1. The Morgan fingerprint density at radius 3 is 2.30 bits per heavy atom. The van der Waals surface area contributed by atoms with Gasteiger partial charge in [-0.1, -0.05) is 56.3 Å². The van der Waals surface area contributed by atoms with Crippen molar-refractivity contribution in [1.82, 2.24) is 24.7 Å². The summed E-state index contributed by atoms with van der Waals surface area (Å²) < 4.78 is 6.41. The fraction of sp³-hybridized carbons (Fsp3) is 0.489. The molecule has 8 rings (SSSR count). The zero-order valence-electron chi connectivity index (χ0n) is 33.4. The van der Waals surface area contributed by atoms with Crippen LogP contribution in [-0.2, 0) is 24.3 Å². The number of anilines is 2. The van der Waals surface area contributed by atoms with Crippen molar-refractivity contribution in [1.29, 1.82) is 0 Å². The average molecular weight is 794 g/mol. The Hall–Kier alpha value is -4.58. The van der Waals surface area contributed by atoms with Crippen LogP contribution >= 0.6 is 11.6 Å². The standard InChI is InChI=1S/C45H56ClN7O4/c1-4-41(56)51-21-23-52(24-22-51)43-34-11-16-53(38-10-6-8-32-7-5-9-36(46)42(32)38)30-37(34)47-44(48-43)57-26-25-49-17-12-45(13-18-49)14-19-50(20-15-45)29-33-27-35(31(2)3)40(55)28-39(33)54/h4-10,27-28,31,54-55H,1,11-26,29-30H2,2-3H3. The van der Waals surface area contributed by atoms with E-state index in [9.17, 15) is 15.0 Å². The van der Waals surface area contributed by atoms with Gasteiger partial charge in [0.15, 0.2) is 0 Å². The number of hydrogen-bond donors (Lipinski definition) is 2. The maximum atomic E-state index is 12.4. The number of nitrogens with zero attached hydrogens (tertiary/aromatic N) is 7. The lowest BCUT2D eigenvalue weighted by Gasteiger charge is -2.47. The van der Waals surface area contributed by atoms with E-state index in [4.69, 9.17) is 26.3 Å². The third kappa shape index (κ3) is 8.38. The lowest BCUT2D eigenvalue weighted by atomic mass is 9.71. The molecule has 0 atom stereocenters. The topological polar surface area (TPSA) is 109 Å². The molecule has 3 aromatic carbocycles. The number of aromatic hydroxyl groups is 2. The molecule has 2 N–H and O–H groups in total. The molecule has 1 amide bonds. The number of hydrogen-bond acceptors (Lipinski definition) is 10. The minimum Gasteiger partial charge on any atom is -0.508 e. The number of benzene rings is 3. The average Bonchev–Trinajstić information content (AvgIpc) is 3.22. The number of aromatic nitrogens is 2. The minimum atomic E-state index is -0.0335. The molecule has 57 heavy (non-hydrogen) atoms. The number of rotatable bonds is 10. The molecule has 4 aromatic rings. The highest BCUT2D eigenvalue weighted by molar-refractivity contribution is 6.36. The van der Waals surface area contributed by atoms with E-state index in [1.54, 1.807) is 0 Å². The Labute approximate surface area is 341 Å². The zero-order valence-corrected chi connectivity index (χ0v) is 34.2. The normalized spacial score (nSPS) is 19.0. The highest BCUT2D eigenvalue weighted by Crippen LogP contribution is 2.42. The SMILES string of the molecule is C=CC(=O)N1CCN(c2nc(OCCN3CCC4(CC3)CCN(Cc3cc(C(C)C)c(O)cc3O)CC4)nc3c2CCN(c2cccc4cccc(Cl)c24)C3)CC1. The quantitative estimate of drug-likeness (QED) is 0.164. The van der Waals surface area contributed by atoms with Gasteiger partial charge in [0.1, 0.15) is 23.9 Å². The summed E-state index contributed by atoms with van der Waals surface area (Å²) >= 11 is 6.76. The summed E-state index contributed by atoms with van der Waals surface area (Å²) in [6.07, 6.45) is 6.87. The molecule has 12 heteroatoms. The largest absolute Gasteiger partial charge is 0.508 e. The number of piperidine rings is 2. The molecule has 5 heterocycles. The maximum Gasteiger partial charge on any atom is 0.318 e. The van der Waals surface area contributed by atoms with Gasteiger partial charge in [-0.2, -0.15) is 9.97 Å². The van der Waals surface area contributed by atoms with E-state index in [0.717, 1.165) is 108 Å². The van der Waals surface area contributed by atoms with Crippen molar-refractivity contribution in [3.63, 3.8) is 0 Å². The minimum absolute atomic E-state index is 0.0335. The Morgan fingerprint density at radius 2 is 1.60 bits per heavy atom. The van der Waals surface area contributed by atoms with Crippen LogP contribution in [0.1, 0.15) is 67.8 Å². The van der Waals surface area contributed by atoms with Gasteiger partial charge in [0, 0.05) is 74.1 Å². The van der Waals surface area contributed by atoms with Crippen molar-refractivity contribution < 1.29 is 19.7 Å². The molecule has 0 saturated carbocycles. The van der Waals surface area contributed by atoms with Gasteiger partial charge in [0.2, 0.25) is 5.91 Å². The van der Waals surface area contributed by atoms with Crippen molar-refractivity contribution in [2.75, 3.05) is 81.9 Å². The Morgan fingerprint density at radius 1 is 0.895 bits per heavy atom. The van der Waals surface area contributed by atoms with Gasteiger partial charge in [0.05, 0.1) is 17.3 Å². The Bertz CT molecular complexity index is 2100. The predicted molar refractivity (Wildman–Crippen MR) is 227 cm³/mol. The van der Waals surface area contributed by atoms with Crippen molar-refractivity contribution in [2.24, 2.45) is 5.41 Å². The monoisotopic (exact) mass is 793 g/mol. The van der Waals surface area contributed by atoms with Crippen molar-refractivity contribution in [3.8, 4) is 17.5 Å². The summed E-state index contributed by atoms with van der Waals surface area (Å²) in [4.78, 5) is 33.9. The molecule has 0 bridgehead atoms.